The highest BCUT2D eigenvalue weighted by atomic mass is 32.2. The smallest absolute Gasteiger partial charge is 0.260 e. The summed E-state index contributed by atoms with van der Waals surface area (Å²) in [5.74, 6) is 0. The van der Waals surface area contributed by atoms with Crippen LogP contribution in [0.3, 0.4) is 0 Å². The number of rotatable bonds is 8. The summed E-state index contributed by atoms with van der Waals surface area (Å²) in [7, 11) is -5.67. The molecule has 0 N–H and O–H groups in total. The van der Waals surface area contributed by atoms with Crippen molar-refractivity contribution in [3.63, 3.8) is 0 Å². The van der Waals surface area contributed by atoms with Crippen molar-refractivity contribution in [2.24, 2.45) is 0 Å². The Morgan fingerprint density at radius 3 is 2.24 bits per heavy atom. The third kappa shape index (κ3) is 6.82. The van der Waals surface area contributed by atoms with E-state index in [4.69, 9.17) is 0 Å². The lowest BCUT2D eigenvalue weighted by molar-refractivity contribution is -0.0553. The molecule has 3 nitrogen and oxygen atoms in total. The molecule has 17 heavy (non-hydrogen) atoms. The minimum atomic E-state index is -5.67. The van der Waals surface area contributed by atoms with E-state index >= 15 is 0 Å². The highest BCUT2D eigenvalue weighted by molar-refractivity contribution is 7.87. The van der Waals surface area contributed by atoms with Crippen LogP contribution in [0.5, 0.6) is 0 Å². The van der Waals surface area contributed by atoms with Gasteiger partial charge in [-0.1, -0.05) is 32.6 Å². The van der Waals surface area contributed by atoms with Crippen LogP contribution in [0.1, 0.15) is 39.0 Å². The topological polar surface area (TPSA) is 43.4 Å². The van der Waals surface area contributed by atoms with Gasteiger partial charge in [-0.25, -0.2) is 4.39 Å². The molecule has 0 aromatic carbocycles. The van der Waals surface area contributed by atoms with Crippen molar-refractivity contribution in [3.8, 4) is 0 Å². The fraction of sp³-hybridized carbons (Fsp3) is 1.00. The van der Waals surface area contributed by atoms with E-state index in [9.17, 15) is 26.0 Å². The number of hydrogen-bond acceptors (Lipinski definition) is 3. The van der Waals surface area contributed by atoms with Crippen LogP contribution in [0.2, 0.25) is 0 Å². The zero-order valence-corrected chi connectivity index (χ0v) is 10.3. The Bertz CT molecular complexity index is 300. The van der Waals surface area contributed by atoms with E-state index in [0.717, 1.165) is 19.3 Å². The highest BCUT2D eigenvalue weighted by Crippen LogP contribution is 2.25. The summed E-state index contributed by atoms with van der Waals surface area (Å²) in [6.45, 7) is 0.889. The zero-order valence-electron chi connectivity index (χ0n) is 9.46. The zero-order chi connectivity index (χ0) is 13.5. The Morgan fingerprint density at radius 1 is 1.18 bits per heavy atom. The molecule has 0 saturated heterocycles. The van der Waals surface area contributed by atoms with Gasteiger partial charge in [0.1, 0.15) is 6.17 Å². The van der Waals surface area contributed by atoms with Gasteiger partial charge in [0.05, 0.1) is 6.61 Å². The largest absolute Gasteiger partial charge is 0.523 e. The summed E-state index contributed by atoms with van der Waals surface area (Å²) in [5, 5.41) is 0. The van der Waals surface area contributed by atoms with Gasteiger partial charge in [0, 0.05) is 0 Å². The summed E-state index contributed by atoms with van der Waals surface area (Å²) in [6.07, 6.45) is 1.45. The maximum Gasteiger partial charge on any atom is 0.523 e. The van der Waals surface area contributed by atoms with Crippen molar-refractivity contribution in [1.29, 1.82) is 0 Å². The van der Waals surface area contributed by atoms with E-state index in [1.807, 2.05) is 6.92 Å². The molecule has 0 radical (unpaired) electrons. The second-order valence-corrected chi connectivity index (χ2v) is 5.24. The summed E-state index contributed by atoms with van der Waals surface area (Å²) in [6, 6.07) is 0. The molecule has 0 aliphatic rings. The number of halogens is 4. The predicted molar refractivity (Wildman–Crippen MR) is 54.6 cm³/mol. The molecule has 0 fully saturated rings. The summed E-state index contributed by atoms with van der Waals surface area (Å²) in [5.41, 5.74) is -5.49. The third-order valence-corrected chi connectivity index (χ3v) is 3.07. The molecular formula is C9H16F4O3S. The molecule has 0 bridgehead atoms. The highest BCUT2D eigenvalue weighted by Gasteiger charge is 2.47. The molecule has 0 heterocycles. The van der Waals surface area contributed by atoms with Crippen molar-refractivity contribution in [2.75, 3.05) is 6.61 Å². The Kier molecular flexibility index (Phi) is 6.99. The average Bonchev–Trinajstić information content (AvgIpc) is 2.20. The molecule has 0 saturated carbocycles. The summed E-state index contributed by atoms with van der Waals surface area (Å²) in [4.78, 5) is 0. The van der Waals surface area contributed by atoms with Gasteiger partial charge in [0.25, 0.3) is 0 Å². The molecule has 0 aromatic heterocycles. The van der Waals surface area contributed by atoms with Crippen molar-refractivity contribution in [2.45, 2.75) is 50.7 Å². The Hall–Kier alpha value is -0.370. The fourth-order valence-electron chi connectivity index (χ4n) is 1.11. The number of hydrogen-bond donors (Lipinski definition) is 0. The monoisotopic (exact) mass is 280 g/mol. The molecule has 0 aliphatic heterocycles. The molecule has 0 rings (SSSR count). The molecule has 1 unspecified atom stereocenters. The van der Waals surface area contributed by atoms with Crippen LogP contribution < -0.4 is 0 Å². The maximum absolute atomic E-state index is 13.0. The van der Waals surface area contributed by atoms with Crippen LogP contribution in [0, 0.1) is 0 Å². The van der Waals surface area contributed by atoms with E-state index in [-0.39, 0.29) is 6.42 Å². The van der Waals surface area contributed by atoms with Crippen molar-refractivity contribution < 1.29 is 30.2 Å². The van der Waals surface area contributed by atoms with Crippen LogP contribution in [-0.2, 0) is 14.3 Å². The molecular weight excluding hydrogens is 264 g/mol. The minimum Gasteiger partial charge on any atom is -0.260 e. The SMILES string of the molecule is CCCCCCC(F)COS(=O)(=O)C(F)(F)F. The van der Waals surface area contributed by atoms with Gasteiger partial charge in [-0.15, -0.1) is 0 Å². The first-order valence-corrected chi connectivity index (χ1v) is 6.71. The van der Waals surface area contributed by atoms with Gasteiger partial charge in [-0.2, -0.15) is 21.6 Å². The minimum absolute atomic E-state index is 0.00732. The maximum atomic E-state index is 13.0. The van der Waals surface area contributed by atoms with Crippen LogP contribution in [0.4, 0.5) is 17.6 Å². The van der Waals surface area contributed by atoms with Gasteiger partial charge in [0.2, 0.25) is 0 Å². The molecule has 0 amide bonds. The van der Waals surface area contributed by atoms with E-state index in [1.54, 1.807) is 0 Å². The van der Waals surface area contributed by atoms with Crippen LogP contribution >= 0.6 is 0 Å². The van der Waals surface area contributed by atoms with Crippen molar-refractivity contribution in [3.05, 3.63) is 0 Å². The molecule has 1 atom stereocenters. The number of alkyl halides is 4. The van der Waals surface area contributed by atoms with Crippen molar-refractivity contribution in [1.82, 2.24) is 0 Å². The van der Waals surface area contributed by atoms with Gasteiger partial charge < -0.3 is 0 Å². The van der Waals surface area contributed by atoms with E-state index < -0.39 is 28.4 Å². The third-order valence-electron chi connectivity index (χ3n) is 2.06. The first-order chi connectivity index (χ1) is 7.70. The first-order valence-electron chi connectivity index (χ1n) is 5.30. The molecule has 0 spiro atoms. The lowest BCUT2D eigenvalue weighted by Crippen LogP contribution is -2.28. The van der Waals surface area contributed by atoms with Crippen LogP contribution in [0.15, 0.2) is 0 Å². The van der Waals surface area contributed by atoms with Gasteiger partial charge >= 0.3 is 15.6 Å². The second kappa shape index (κ2) is 7.15. The molecule has 0 aromatic rings. The Balaban J connectivity index is 3.88. The fourth-order valence-corrected chi connectivity index (χ4v) is 1.57. The van der Waals surface area contributed by atoms with Gasteiger partial charge in [-0.3, -0.25) is 4.18 Å². The standard InChI is InChI=1S/C9H16F4O3S/c1-2-3-4-5-6-8(10)7-16-17(14,15)9(11,12)13/h8H,2-7H2,1H3. The molecule has 104 valence electrons. The first kappa shape index (κ1) is 16.6. The van der Waals surface area contributed by atoms with Gasteiger partial charge in [0.15, 0.2) is 0 Å². The van der Waals surface area contributed by atoms with E-state index in [0.29, 0.717) is 6.42 Å². The Morgan fingerprint density at radius 2 is 1.76 bits per heavy atom. The quantitative estimate of drug-likeness (QED) is 0.297. The van der Waals surface area contributed by atoms with Crippen LogP contribution in [-0.4, -0.2) is 26.7 Å². The Labute approximate surface area is 98.3 Å². The lowest BCUT2D eigenvalue weighted by atomic mass is 10.1. The predicted octanol–water partition coefficient (Wildman–Crippen LogP) is 3.16. The average molecular weight is 280 g/mol. The number of unbranched alkanes of at least 4 members (excludes halogenated alkanes) is 3. The normalized spacial score (nSPS) is 14.9. The van der Waals surface area contributed by atoms with Crippen LogP contribution in [0.25, 0.3) is 0 Å². The van der Waals surface area contributed by atoms with E-state index in [2.05, 4.69) is 4.18 Å². The van der Waals surface area contributed by atoms with E-state index in [1.165, 1.54) is 0 Å². The van der Waals surface area contributed by atoms with Crippen molar-refractivity contribution >= 4 is 10.1 Å². The second-order valence-electron chi connectivity index (χ2n) is 3.63. The lowest BCUT2D eigenvalue weighted by Gasteiger charge is -2.10. The van der Waals surface area contributed by atoms with Gasteiger partial charge in [-0.05, 0) is 6.42 Å². The molecule has 0 aliphatic carbocycles. The summed E-state index contributed by atoms with van der Waals surface area (Å²) < 4.78 is 72.8. The summed E-state index contributed by atoms with van der Waals surface area (Å²) >= 11 is 0. The molecule has 8 heteroatoms.